The van der Waals surface area contributed by atoms with E-state index in [1.54, 1.807) is 0 Å². The van der Waals surface area contributed by atoms with Crippen molar-refractivity contribution in [1.82, 2.24) is 15.5 Å². The molecule has 1 aromatic heterocycles. The van der Waals surface area contributed by atoms with Crippen LogP contribution in [0.1, 0.15) is 41.7 Å². The minimum absolute atomic E-state index is 0.253. The summed E-state index contributed by atoms with van der Waals surface area (Å²) in [5, 5.41) is 7.44. The Morgan fingerprint density at radius 2 is 2.28 bits per heavy atom. The molecule has 94 valence electrons. The van der Waals surface area contributed by atoms with Crippen LogP contribution >= 0.6 is 0 Å². The molecule has 1 aromatic carbocycles. The van der Waals surface area contributed by atoms with Crippen LogP contribution in [0.4, 0.5) is 0 Å². The molecule has 0 bridgehead atoms. The Kier molecular flexibility index (Phi) is 3.11. The van der Waals surface area contributed by atoms with Crippen molar-refractivity contribution in [3.8, 4) is 0 Å². The monoisotopic (exact) mass is 243 g/mol. The summed E-state index contributed by atoms with van der Waals surface area (Å²) in [6.07, 6.45) is 3.01. The minimum atomic E-state index is 0.253. The van der Waals surface area contributed by atoms with Gasteiger partial charge in [-0.2, -0.15) is 4.98 Å². The third-order valence-electron chi connectivity index (χ3n) is 3.45. The third kappa shape index (κ3) is 2.29. The Morgan fingerprint density at radius 3 is 3.06 bits per heavy atom. The van der Waals surface area contributed by atoms with Crippen LogP contribution in [0, 0.1) is 6.92 Å². The highest BCUT2D eigenvalue weighted by atomic mass is 16.5. The predicted molar refractivity (Wildman–Crippen MR) is 68.3 cm³/mol. The van der Waals surface area contributed by atoms with Crippen molar-refractivity contribution in [2.75, 3.05) is 6.54 Å². The number of aromatic nitrogens is 2. The fourth-order valence-corrected chi connectivity index (χ4v) is 2.35. The van der Waals surface area contributed by atoms with E-state index in [0.29, 0.717) is 0 Å². The highest BCUT2D eigenvalue weighted by molar-refractivity contribution is 5.28. The number of hydrogen-bond acceptors (Lipinski definition) is 4. The molecule has 1 aliphatic heterocycles. The van der Waals surface area contributed by atoms with Crippen LogP contribution < -0.4 is 5.32 Å². The molecule has 0 aliphatic carbocycles. The van der Waals surface area contributed by atoms with Crippen LogP contribution in [0.15, 0.2) is 28.8 Å². The molecule has 2 heterocycles. The molecule has 1 fully saturated rings. The van der Waals surface area contributed by atoms with Crippen molar-refractivity contribution < 1.29 is 4.52 Å². The number of aryl methyl sites for hydroxylation is 1. The van der Waals surface area contributed by atoms with Gasteiger partial charge in [-0.3, -0.25) is 0 Å². The fourth-order valence-electron chi connectivity index (χ4n) is 2.35. The topological polar surface area (TPSA) is 51.0 Å². The third-order valence-corrected chi connectivity index (χ3v) is 3.45. The Hall–Kier alpha value is -1.68. The summed E-state index contributed by atoms with van der Waals surface area (Å²) in [5.74, 6) is 1.50. The largest absolute Gasteiger partial charge is 0.338 e. The van der Waals surface area contributed by atoms with Crippen LogP contribution in [0.2, 0.25) is 0 Å². The van der Waals surface area contributed by atoms with Crippen molar-refractivity contribution in [1.29, 1.82) is 0 Å². The van der Waals surface area contributed by atoms with Gasteiger partial charge in [0.15, 0.2) is 5.82 Å². The molecule has 4 heteroatoms. The molecule has 0 radical (unpaired) electrons. The SMILES string of the molecule is Cc1ccccc1Cc1noc([C@H]2CCCN2)n1. The average molecular weight is 243 g/mol. The van der Waals surface area contributed by atoms with E-state index in [4.69, 9.17) is 4.52 Å². The highest BCUT2D eigenvalue weighted by Gasteiger charge is 2.22. The number of nitrogens with zero attached hydrogens (tertiary/aromatic N) is 2. The first-order chi connectivity index (χ1) is 8.83. The molecule has 1 N–H and O–H groups in total. The lowest BCUT2D eigenvalue weighted by Crippen LogP contribution is -2.13. The molecular formula is C14H17N3O. The zero-order valence-electron chi connectivity index (χ0n) is 10.5. The lowest BCUT2D eigenvalue weighted by atomic mass is 10.1. The van der Waals surface area contributed by atoms with Crippen LogP contribution in [0.5, 0.6) is 0 Å². The van der Waals surface area contributed by atoms with Crippen molar-refractivity contribution in [3.05, 3.63) is 47.1 Å². The van der Waals surface area contributed by atoms with E-state index in [2.05, 4.69) is 34.5 Å². The summed E-state index contributed by atoms with van der Waals surface area (Å²) in [4.78, 5) is 4.49. The second-order valence-electron chi connectivity index (χ2n) is 4.80. The van der Waals surface area contributed by atoms with Gasteiger partial charge in [0.25, 0.3) is 0 Å². The summed E-state index contributed by atoms with van der Waals surface area (Å²) >= 11 is 0. The van der Waals surface area contributed by atoms with Gasteiger partial charge >= 0.3 is 0 Å². The Morgan fingerprint density at radius 1 is 1.39 bits per heavy atom. The zero-order chi connectivity index (χ0) is 12.4. The van der Waals surface area contributed by atoms with Crippen LogP contribution in [0.3, 0.4) is 0 Å². The number of benzene rings is 1. The standard InChI is InChI=1S/C14H17N3O/c1-10-5-2-3-6-11(10)9-13-16-14(18-17-13)12-7-4-8-15-12/h2-3,5-6,12,15H,4,7-9H2,1H3/t12-/m1/s1. The normalized spacial score (nSPS) is 19.3. The first kappa shape index (κ1) is 11.4. The van der Waals surface area contributed by atoms with Crippen LogP contribution in [-0.4, -0.2) is 16.7 Å². The first-order valence-electron chi connectivity index (χ1n) is 6.43. The molecular weight excluding hydrogens is 226 g/mol. The maximum Gasteiger partial charge on any atom is 0.243 e. The van der Waals surface area contributed by atoms with Gasteiger partial charge in [0, 0.05) is 6.42 Å². The molecule has 2 aromatic rings. The molecule has 1 aliphatic rings. The van der Waals surface area contributed by atoms with E-state index in [-0.39, 0.29) is 6.04 Å². The summed E-state index contributed by atoms with van der Waals surface area (Å²) in [6.45, 7) is 3.15. The van der Waals surface area contributed by atoms with Gasteiger partial charge in [0.1, 0.15) is 0 Å². The number of nitrogens with one attached hydrogen (secondary N) is 1. The second-order valence-corrected chi connectivity index (χ2v) is 4.80. The molecule has 18 heavy (non-hydrogen) atoms. The Bertz CT molecular complexity index is 529. The number of rotatable bonds is 3. The molecule has 4 nitrogen and oxygen atoms in total. The van der Waals surface area contributed by atoms with Gasteiger partial charge in [0.2, 0.25) is 5.89 Å². The van der Waals surface area contributed by atoms with Crippen molar-refractivity contribution in [3.63, 3.8) is 0 Å². The summed E-state index contributed by atoms with van der Waals surface area (Å²) in [5.41, 5.74) is 2.52. The molecule has 0 saturated carbocycles. The van der Waals surface area contributed by atoms with E-state index >= 15 is 0 Å². The van der Waals surface area contributed by atoms with E-state index in [9.17, 15) is 0 Å². The van der Waals surface area contributed by atoms with E-state index in [1.807, 2.05) is 12.1 Å². The molecule has 1 atom stereocenters. The lowest BCUT2D eigenvalue weighted by molar-refractivity contribution is 0.341. The smallest absolute Gasteiger partial charge is 0.243 e. The summed E-state index contributed by atoms with van der Waals surface area (Å²) in [7, 11) is 0. The van der Waals surface area contributed by atoms with Crippen molar-refractivity contribution >= 4 is 0 Å². The average Bonchev–Trinajstić information content (AvgIpc) is 3.02. The fraction of sp³-hybridized carbons (Fsp3) is 0.429. The van der Waals surface area contributed by atoms with Crippen molar-refractivity contribution in [2.24, 2.45) is 0 Å². The van der Waals surface area contributed by atoms with E-state index in [1.165, 1.54) is 17.5 Å². The maximum absolute atomic E-state index is 5.34. The second kappa shape index (κ2) is 4.90. The van der Waals surface area contributed by atoms with Gasteiger partial charge in [-0.25, -0.2) is 0 Å². The predicted octanol–water partition coefficient (Wildman–Crippen LogP) is 2.39. The van der Waals surface area contributed by atoms with Gasteiger partial charge < -0.3 is 9.84 Å². The lowest BCUT2D eigenvalue weighted by Gasteiger charge is -2.02. The van der Waals surface area contributed by atoms with Crippen LogP contribution in [0.25, 0.3) is 0 Å². The molecule has 0 spiro atoms. The molecule has 0 unspecified atom stereocenters. The quantitative estimate of drug-likeness (QED) is 0.899. The van der Waals surface area contributed by atoms with Crippen LogP contribution in [-0.2, 0) is 6.42 Å². The summed E-state index contributed by atoms with van der Waals surface area (Å²) in [6, 6.07) is 8.56. The summed E-state index contributed by atoms with van der Waals surface area (Å²) < 4.78 is 5.34. The van der Waals surface area contributed by atoms with Gasteiger partial charge in [-0.15, -0.1) is 0 Å². The Balaban J connectivity index is 1.75. The van der Waals surface area contributed by atoms with Gasteiger partial charge in [-0.1, -0.05) is 29.4 Å². The Labute approximate surface area is 106 Å². The molecule has 0 amide bonds. The number of hydrogen-bond donors (Lipinski definition) is 1. The maximum atomic E-state index is 5.34. The van der Waals surface area contributed by atoms with Gasteiger partial charge in [0.05, 0.1) is 6.04 Å². The van der Waals surface area contributed by atoms with Crippen molar-refractivity contribution in [2.45, 2.75) is 32.2 Å². The first-order valence-corrected chi connectivity index (χ1v) is 6.43. The van der Waals surface area contributed by atoms with E-state index in [0.717, 1.165) is 31.1 Å². The van der Waals surface area contributed by atoms with Gasteiger partial charge in [-0.05, 0) is 37.4 Å². The highest BCUT2D eigenvalue weighted by Crippen LogP contribution is 2.21. The molecule has 3 rings (SSSR count). The van der Waals surface area contributed by atoms with E-state index < -0.39 is 0 Å². The minimum Gasteiger partial charge on any atom is -0.338 e. The molecule has 1 saturated heterocycles. The zero-order valence-corrected chi connectivity index (χ0v) is 10.5.